The maximum atomic E-state index is 4.29. The standard InChI is InChI=1S/C13H19N5/c1-10-4-3-5-12(16-10)13-7-14-9-18(13)11-6-15-17(2)8-11/h6-10,12,16H,3-5H2,1-2H3. The van der Waals surface area contributed by atoms with Crippen LogP contribution in [0.15, 0.2) is 24.9 Å². The number of imidazole rings is 1. The monoisotopic (exact) mass is 245 g/mol. The molecule has 1 N–H and O–H groups in total. The second kappa shape index (κ2) is 4.57. The number of aromatic nitrogens is 4. The number of hydrogen-bond acceptors (Lipinski definition) is 3. The molecule has 3 rings (SSSR count). The van der Waals surface area contributed by atoms with E-state index in [0.717, 1.165) is 5.69 Å². The van der Waals surface area contributed by atoms with E-state index in [4.69, 9.17) is 0 Å². The fourth-order valence-corrected chi connectivity index (χ4v) is 2.68. The van der Waals surface area contributed by atoms with Crippen molar-refractivity contribution in [3.05, 3.63) is 30.6 Å². The molecule has 0 saturated carbocycles. The Labute approximate surface area is 107 Å². The average Bonchev–Trinajstić information content (AvgIpc) is 2.96. The van der Waals surface area contributed by atoms with Gasteiger partial charge in [-0.1, -0.05) is 0 Å². The fraction of sp³-hybridized carbons (Fsp3) is 0.538. The Kier molecular flexibility index (Phi) is 2.91. The summed E-state index contributed by atoms with van der Waals surface area (Å²) in [4.78, 5) is 4.29. The molecule has 0 bridgehead atoms. The van der Waals surface area contributed by atoms with Gasteiger partial charge >= 0.3 is 0 Å². The molecule has 0 aliphatic carbocycles. The Morgan fingerprint density at radius 2 is 2.22 bits per heavy atom. The third-order valence-corrected chi connectivity index (χ3v) is 3.61. The Morgan fingerprint density at radius 1 is 1.33 bits per heavy atom. The third kappa shape index (κ3) is 2.06. The van der Waals surface area contributed by atoms with E-state index < -0.39 is 0 Å². The molecule has 1 aliphatic heterocycles. The van der Waals surface area contributed by atoms with Crippen molar-refractivity contribution in [3.8, 4) is 5.69 Å². The second-order valence-electron chi connectivity index (χ2n) is 5.11. The van der Waals surface area contributed by atoms with Crippen molar-refractivity contribution >= 4 is 0 Å². The second-order valence-corrected chi connectivity index (χ2v) is 5.11. The summed E-state index contributed by atoms with van der Waals surface area (Å²) in [6.07, 6.45) is 11.4. The largest absolute Gasteiger partial charge is 0.306 e. The molecule has 0 spiro atoms. The number of rotatable bonds is 2. The summed E-state index contributed by atoms with van der Waals surface area (Å²) in [5.41, 5.74) is 2.31. The molecule has 1 fully saturated rings. The molecule has 96 valence electrons. The smallest absolute Gasteiger partial charge is 0.0995 e. The number of piperidine rings is 1. The molecule has 5 heteroatoms. The van der Waals surface area contributed by atoms with E-state index in [2.05, 4.69) is 26.9 Å². The van der Waals surface area contributed by atoms with E-state index in [-0.39, 0.29) is 0 Å². The van der Waals surface area contributed by atoms with Gasteiger partial charge in [0.25, 0.3) is 0 Å². The lowest BCUT2D eigenvalue weighted by Gasteiger charge is -2.29. The van der Waals surface area contributed by atoms with Crippen LogP contribution >= 0.6 is 0 Å². The van der Waals surface area contributed by atoms with E-state index >= 15 is 0 Å². The number of nitrogens with zero attached hydrogens (tertiary/aromatic N) is 4. The summed E-state index contributed by atoms with van der Waals surface area (Å²) in [6, 6.07) is 0.984. The molecule has 0 radical (unpaired) electrons. The highest BCUT2D eigenvalue weighted by Crippen LogP contribution is 2.26. The summed E-state index contributed by atoms with van der Waals surface area (Å²) in [5.74, 6) is 0. The van der Waals surface area contributed by atoms with E-state index in [1.807, 2.05) is 36.6 Å². The van der Waals surface area contributed by atoms with Crippen molar-refractivity contribution in [3.63, 3.8) is 0 Å². The van der Waals surface area contributed by atoms with Crippen LogP contribution in [0.25, 0.3) is 5.69 Å². The summed E-state index contributed by atoms with van der Waals surface area (Å²) < 4.78 is 3.94. The zero-order valence-electron chi connectivity index (χ0n) is 10.9. The van der Waals surface area contributed by atoms with Gasteiger partial charge < -0.3 is 5.32 Å². The van der Waals surface area contributed by atoms with Crippen molar-refractivity contribution in [2.24, 2.45) is 7.05 Å². The molecule has 1 aliphatic rings. The van der Waals surface area contributed by atoms with Crippen LogP contribution in [0.5, 0.6) is 0 Å². The molecule has 2 unspecified atom stereocenters. The number of aryl methyl sites for hydroxylation is 1. The van der Waals surface area contributed by atoms with E-state index in [0.29, 0.717) is 12.1 Å². The van der Waals surface area contributed by atoms with Gasteiger partial charge in [-0.05, 0) is 26.2 Å². The summed E-state index contributed by atoms with van der Waals surface area (Å²) in [7, 11) is 1.93. The molecule has 18 heavy (non-hydrogen) atoms. The van der Waals surface area contributed by atoms with Crippen LogP contribution in [0.4, 0.5) is 0 Å². The lowest BCUT2D eigenvalue weighted by atomic mass is 9.97. The summed E-state index contributed by atoms with van der Waals surface area (Å²) in [5, 5.41) is 7.87. The van der Waals surface area contributed by atoms with Crippen LogP contribution in [0.2, 0.25) is 0 Å². The molecular weight excluding hydrogens is 226 g/mol. The minimum atomic E-state index is 0.399. The molecule has 5 nitrogen and oxygen atoms in total. The zero-order valence-corrected chi connectivity index (χ0v) is 10.9. The molecule has 2 aromatic rings. The van der Waals surface area contributed by atoms with Crippen molar-refractivity contribution in [2.45, 2.75) is 38.3 Å². The Balaban J connectivity index is 1.91. The lowest BCUT2D eigenvalue weighted by Crippen LogP contribution is -2.35. The van der Waals surface area contributed by atoms with Crippen LogP contribution in [-0.2, 0) is 7.05 Å². The highest BCUT2D eigenvalue weighted by atomic mass is 15.3. The van der Waals surface area contributed by atoms with Gasteiger partial charge in [0.15, 0.2) is 0 Å². The van der Waals surface area contributed by atoms with Crippen molar-refractivity contribution < 1.29 is 0 Å². The maximum absolute atomic E-state index is 4.29. The topological polar surface area (TPSA) is 47.7 Å². The minimum absolute atomic E-state index is 0.399. The highest BCUT2D eigenvalue weighted by Gasteiger charge is 2.22. The van der Waals surface area contributed by atoms with Crippen LogP contribution in [-0.4, -0.2) is 25.4 Å². The minimum Gasteiger partial charge on any atom is -0.306 e. The molecule has 2 aromatic heterocycles. The molecule has 2 atom stereocenters. The third-order valence-electron chi connectivity index (χ3n) is 3.61. The van der Waals surface area contributed by atoms with Crippen molar-refractivity contribution in [1.82, 2.24) is 24.6 Å². The molecule has 3 heterocycles. The quantitative estimate of drug-likeness (QED) is 0.877. The first-order valence-electron chi connectivity index (χ1n) is 6.51. The maximum Gasteiger partial charge on any atom is 0.0995 e. The van der Waals surface area contributed by atoms with Gasteiger partial charge in [0.2, 0.25) is 0 Å². The van der Waals surface area contributed by atoms with Gasteiger partial charge in [-0.15, -0.1) is 0 Å². The van der Waals surface area contributed by atoms with E-state index in [1.165, 1.54) is 25.0 Å². The van der Waals surface area contributed by atoms with Crippen LogP contribution in [0.1, 0.15) is 37.9 Å². The first kappa shape index (κ1) is 11.5. The normalized spacial score (nSPS) is 24.3. The Morgan fingerprint density at radius 3 is 2.94 bits per heavy atom. The van der Waals surface area contributed by atoms with Gasteiger partial charge in [-0.3, -0.25) is 9.25 Å². The van der Waals surface area contributed by atoms with Gasteiger partial charge in [0.1, 0.15) is 0 Å². The van der Waals surface area contributed by atoms with Gasteiger partial charge in [-0.25, -0.2) is 4.98 Å². The van der Waals surface area contributed by atoms with E-state index in [9.17, 15) is 0 Å². The Bertz CT molecular complexity index is 527. The molecule has 0 amide bonds. The van der Waals surface area contributed by atoms with Crippen LogP contribution in [0, 0.1) is 0 Å². The van der Waals surface area contributed by atoms with Gasteiger partial charge in [-0.2, -0.15) is 5.10 Å². The zero-order chi connectivity index (χ0) is 12.5. The van der Waals surface area contributed by atoms with Gasteiger partial charge in [0, 0.05) is 25.3 Å². The summed E-state index contributed by atoms with van der Waals surface area (Å²) in [6.45, 7) is 2.25. The highest BCUT2D eigenvalue weighted by molar-refractivity contribution is 5.29. The number of nitrogens with one attached hydrogen (secondary N) is 1. The predicted octanol–water partition coefficient (Wildman–Crippen LogP) is 1.81. The van der Waals surface area contributed by atoms with E-state index in [1.54, 1.807) is 0 Å². The summed E-state index contributed by atoms with van der Waals surface area (Å²) >= 11 is 0. The molecule has 0 aromatic carbocycles. The predicted molar refractivity (Wildman–Crippen MR) is 69.5 cm³/mol. The fourth-order valence-electron chi connectivity index (χ4n) is 2.68. The SMILES string of the molecule is CC1CCCC(c2cncn2-c2cnn(C)c2)N1. The first-order valence-corrected chi connectivity index (χ1v) is 6.51. The Hall–Kier alpha value is -1.62. The van der Waals surface area contributed by atoms with Crippen molar-refractivity contribution in [2.75, 3.05) is 0 Å². The first-order chi connectivity index (χ1) is 8.74. The van der Waals surface area contributed by atoms with Crippen LogP contribution in [0.3, 0.4) is 0 Å². The van der Waals surface area contributed by atoms with Gasteiger partial charge in [0.05, 0.1) is 30.1 Å². The van der Waals surface area contributed by atoms with Crippen LogP contribution < -0.4 is 5.32 Å². The number of hydrogen-bond donors (Lipinski definition) is 1. The van der Waals surface area contributed by atoms with Crippen molar-refractivity contribution in [1.29, 1.82) is 0 Å². The molecular formula is C13H19N5. The average molecular weight is 245 g/mol. The lowest BCUT2D eigenvalue weighted by molar-refractivity contribution is 0.334. The molecule has 1 saturated heterocycles.